The fourth-order valence-corrected chi connectivity index (χ4v) is 12.4. The molecule has 0 fully saturated rings. The average Bonchev–Trinajstić information content (AvgIpc) is 4.20. The van der Waals surface area contributed by atoms with E-state index in [1.54, 1.807) is 6.07 Å². The normalized spacial score (nSPS) is 13.5. The maximum atomic E-state index is 16.6. The third kappa shape index (κ3) is 5.03. The molecule has 4 heterocycles. The number of hydrogen-bond donors (Lipinski definition) is 0. The van der Waals surface area contributed by atoms with Gasteiger partial charge >= 0.3 is 0 Å². The first-order valence-corrected chi connectivity index (χ1v) is 24.1. The van der Waals surface area contributed by atoms with Gasteiger partial charge in [0.05, 0.1) is 44.2 Å². The van der Waals surface area contributed by atoms with Gasteiger partial charge in [-0.25, -0.2) is 4.39 Å². The van der Waals surface area contributed by atoms with Gasteiger partial charge in [-0.2, -0.15) is 0 Å². The number of rotatable bonds is 4. The summed E-state index contributed by atoms with van der Waals surface area (Å²) >= 11 is 0. The van der Waals surface area contributed by atoms with Crippen LogP contribution in [-0.2, 0) is 10.8 Å². The lowest BCUT2D eigenvalue weighted by molar-refractivity contribution is 0.583. The Morgan fingerprint density at radius 1 is 0.400 bits per heavy atom. The Morgan fingerprint density at radius 3 is 1.44 bits per heavy atom. The van der Waals surface area contributed by atoms with Crippen molar-refractivity contribution in [2.24, 2.45) is 0 Å². The van der Waals surface area contributed by atoms with Gasteiger partial charge in [0.25, 0.3) is 0 Å². The molecule has 4 aromatic heterocycles. The molecule has 14 aromatic rings. The summed E-state index contributed by atoms with van der Waals surface area (Å²) in [7, 11) is 0. The Balaban J connectivity index is 1.23. The fraction of sp³-hybridized carbons (Fsp3) is 0.0769. The van der Waals surface area contributed by atoms with E-state index >= 15 is 4.39 Å². The molecule has 332 valence electrons. The summed E-state index contributed by atoms with van der Waals surface area (Å²) in [6.07, 6.45) is 0. The van der Waals surface area contributed by atoms with Crippen molar-refractivity contribution >= 4 is 87.5 Å². The molecule has 4 nitrogen and oxygen atoms in total. The van der Waals surface area contributed by atoms with E-state index in [9.17, 15) is 0 Å². The SMILES string of the molecule is CC(C)(C)c1ccc2oc3c4c(cc(-n5c6ccccc6c6ccccc65)c3c2c1)C(c1ccccc1)(c1ccccc1)c1cc(-n2c3ccccc3c3ccccc32)c2oc3c(F)cccc3c2c1-4. The predicted octanol–water partition coefficient (Wildman–Crippen LogP) is 17.5. The van der Waals surface area contributed by atoms with Crippen LogP contribution in [-0.4, -0.2) is 9.13 Å². The second kappa shape index (κ2) is 14.0. The molecular formula is C65H43FN2O2. The number of furan rings is 2. The summed E-state index contributed by atoms with van der Waals surface area (Å²) in [5.41, 5.74) is 15.0. The zero-order chi connectivity index (χ0) is 46.6. The van der Waals surface area contributed by atoms with Crippen LogP contribution < -0.4 is 0 Å². The molecule has 0 saturated carbocycles. The van der Waals surface area contributed by atoms with Crippen molar-refractivity contribution in [3.63, 3.8) is 0 Å². The average molecular weight is 903 g/mol. The van der Waals surface area contributed by atoms with Gasteiger partial charge in [-0.05, 0) is 87.8 Å². The molecule has 10 aromatic carbocycles. The van der Waals surface area contributed by atoms with Crippen LogP contribution in [0.1, 0.15) is 48.6 Å². The van der Waals surface area contributed by atoms with Gasteiger partial charge in [0.2, 0.25) is 0 Å². The second-order valence-corrected chi connectivity index (χ2v) is 20.0. The van der Waals surface area contributed by atoms with Crippen molar-refractivity contribution in [2.45, 2.75) is 31.6 Å². The van der Waals surface area contributed by atoms with Crippen LogP contribution in [0.5, 0.6) is 0 Å². The quantitative estimate of drug-likeness (QED) is 0.176. The molecule has 5 heteroatoms. The summed E-state index contributed by atoms with van der Waals surface area (Å²) in [6, 6.07) is 73.2. The number of nitrogens with zero attached hydrogens (tertiary/aromatic N) is 2. The lowest BCUT2D eigenvalue weighted by atomic mass is 9.67. The Bertz CT molecular complexity index is 4380. The number of para-hydroxylation sites is 5. The summed E-state index contributed by atoms with van der Waals surface area (Å²) in [6.45, 7) is 6.79. The highest BCUT2D eigenvalue weighted by molar-refractivity contribution is 6.25. The van der Waals surface area contributed by atoms with E-state index in [-0.39, 0.29) is 11.0 Å². The van der Waals surface area contributed by atoms with Gasteiger partial charge in [0, 0.05) is 48.8 Å². The van der Waals surface area contributed by atoms with E-state index in [0.29, 0.717) is 11.0 Å². The molecule has 0 amide bonds. The molecule has 0 N–H and O–H groups in total. The first-order valence-electron chi connectivity index (χ1n) is 24.1. The van der Waals surface area contributed by atoms with Gasteiger partial charge in [0.1, 0.15) is 11.2 Å². The fourth-order valence-electron chi connectivity index (χ4n) is 12.4. The number of aromatic nitrogens is 2. The van der Waals surface area contributed by atoms with Gasteiger partial charge in [-0.1, -0.05) is 172 Å². The highest BCUT2D eigenvalue weighted by Gasteiger charge is 2.50. The van der Waals surface area contributed by atoms with Crippen molar-refractivity contribution < 1.29 is 13.2 Å². The van der Waals surface area contributed by atoms with Gasteiger partial charge in [-0.15, -0.1) is 0 Å². The van der Waals surface area contributed by atoms with Crippen LogP contribution in [0.25, 0.3) is 110 Å². The van der Waals surface area contributed by atoms with E-state index in [0.717, 1.165) is 105 Å². The maximum absolute atomic E-state index is 16.6. The molecule has 0 saturated heterocycles. The van der Waals surface area contributed by atoms with E-state index in [4.69, 9.17) is 8.83 Å². The summed E-state index contributed by atoms with van der Waals surface area (Å²) in [5, 5.41) is 8.24. The molecule has 1 aliphatic rings. The van der Waals surface area contributed by atoms with Crippen molar-refractivity contribution in [1.82, 2.24) is 9.13 Å². The Hall–Kier alpha value is -8.67. The maximum Gasteiger partial charge on any atom is 0.171 e. The second-order valence-electron chi connectivity index (χ2n) is 20.0. The molecule has 0 spiro atoms. The molecule has 0 atom stereocenters. The zero-order valence-electron chi connectivity index (χ0n) is 38.7. The van der Waals surface area contributed by atoms with E-state index in [2.05, 4.69) is 218 Å². The number of hydrogen-bond acceptors (Lipinski definition) is 2. The molecule has 15 rings (SSSR count). The molecule has 70 heavy (non-hydrogen) atoms. The minimum Gasteiger partial charge on any atom is -0.455 e. The number of benzene rings is 10. The lowest BCUT2D eigenvalue weighted by Crippen LogP contribution is -2.29. The monoisotopic (exact) mass is 902 g/mol. The summed E-state index contributed by atoms with van der Waals surface area (Å²) < 4.78 is 35.9. The van der Waals surface area contributed by atoms with Gasteiger partial charge < -0.3 is 18.0 Å². The standard InChI is InChI=1S/C65H43FN2O2/c1-64(2,3)40-33-34-56-46(35-40)57-54(67-50-29-14-10-23-41(50)42-24-11-15-30-51(42)67)36-48-60(63(57)69-56)59-47(65(48,38-19-6-4-7-20-38)39-21-8-5-9-22-39)37-55(62-58(59)45-27-18-28-49(66)61(45)70-62)68-52-31-16-12-25-43(52)44-26-13-17-32-53(44)68/h4-37H,1-3H3. The first kappa shape index (κ1) is 39.3. The summed E-state index contributed by atoms with van der Waals surface area (Å²) in [4.78, 5) is 0. The molecule has 1 aliphatic carbocycles. The van der Waals surface area contributed by atoms with Crippen LogP contribution in [0.15, 0.2) is 215 Å². The Labute approximate surface area is 402 Å². The van der Waals surface area contributed by atoms with Crippen LogP contribution in [0, 0.1) is 5.82 Å². The third-order valence-electron chi connectivity index (χ3n) is 15.4. The topological polar surface area (TPSA) is 36.1 Å². The minimum absolute atomic E-state index is 0.126. The molecular weight excluding hydrogens is 860 g/mol. The van der Waals surface area contributed by atoms with Crippen molar-refractivity contribution in [3.05, 3.63) is 240 Å². The first-order chi connectivity index (χ1) is 34.3. The molecule has 0 unspecified atom stereocenters. The van der Waals surface area contributed by atoms with Crippen LogP contribution >= 0.6 is 0 Å². The van der Waals surface area contributed by atoms with Gasteiger partial charge in [-0.3, -0.25) is 0 Å². The number of fused-ring (bicyclic) bond motifs is 17. The Kier molecular flexibility index (Phi) is 7.85. The Morgan fingerprint density at radius 2 is 0.886 bits per heavy atom. The van der Waals surface area contributed by atoms with E-state index in [1.165, 1.54) is 22.4 Å². The number of halogens is 1. The predicted molar refractivity (Wildman–Crippen MR) is 286 cm³/mol. The van der Waals surface area contributed by atoms with Crippen molar-refractivity contribution in [1.29, 1.82) is 0 Å². The zero-order valence-corrected chi connectivity index (χ0v) is 38.7. The largest absolute Gasteiger partial charge is 0.455 e. The molecule has 0 radical (unpaired) electrons. The third-order valence-corrected chi connectivity index (χ3v) is 15.4. The van der Waals surface area contributed by atoms with Crippen LogP contribution in [0.2, 0.25) is 0 Å². The van der Waals surface area contributed by atoms with E-state index in [1.807, 2.05) is 6.07 Å². The summed E-state index contributed by atoms with van der Waals surface area (Å²) in [5.74, 6) is -0.406. The van der Waals surface area contributed by atoms with Crippen molar-refractivity contribution in [2.75, 3.05) is 0 Å². The van der Waals surface area contributed by atoms with E-state index < -0.39 is 11.2 Å². The minimum atomic E-state index is -0.914. The molecule has 0 bridgehead atoms. The lowest BCUT2D eigenvalue weighted by Gasteiger charge is -2.34. The molecule has 0 aliphatic heterocycles. The van der Waals surface area contributed by atoms with Gasteiger partial charge in [0.15, 0.2) is 17.0 Å². The highest BCUT2D eigenvalue weighted by Crippen LogP contribution is 2.63. The highest BCUT2D eigenvalue weighted by atomic mass is 19.1. The smallest absolute Gasteiger partial charge is 0.171 e. The van der Waals surface area contributed by atoms with Crippen LogP contribution in [0.3, 0.4) is 0 Å². The van der Waals surface area contributed by atoms with Crippen LogP contribution in [0.4, 0.5) is 4.39 Å². The van der Waals surface area contributed by atoms with Crippen molar-refractivity contribution in [3.8, 4) is 22.5 Å².